The van der Waals surface area contributed by atoms with Gasteiger partial charge in [0, 0.05) is 48.9 Å². The Morgan fingerprint density at radius 3 is 2.55 bits per heavy atom. The lowest BCUT2D eigenvalue weighted by Crippen LogP contribution is -2.47. The Bertz CT molecular complexity index is 1510. The Hall–Kier alpha value is -3.64. The number of benzene rings is 3. The van der Waals surface area contributed by atoms with Crippen LogP contribution in [0.15, 0.2) is 83.1 Å². The second kappa shape index (κ2) is 12.7. The van der Waals surface area contributed by atoms with Gasteiger partial charge in [-0.3, -0.25) is 9.62 Å². The number of anilines is 1. The molecule has 2 N–H and O–H groups in total. The third-order valence-corrected chi connectivity index (χ3v) is 8.81. The van der Waals surface area contributed by atoms with E-state index in [0.717, 1.165) is 31.9 Å². The maximum absolute atomic E-state index is 13.0. The van der Waals surface area contributed by atoms with Crippen molar-refractivity contribution in [1.29, 1.82) is 0 Å². The highest BCUT2D eigenvalue weighted by molar-refractivity contribution is 7.92. The Balaban J connectivity index is 1.20. The molecule has 1 unspecified atom stereocenters. The van der Waals surface area contributed by atoms with Crippen LogP contribution in [0.2, 0.25) is 0 Å². The van der Waals surface area contributed by atoms with Crippen molar-refractivity contribution in [2.24, 2.45) is 0 Å². The van der Waals surface area contributed by atoms with Gasteiger partial charge in [-0.25, -0.2) is 8.42 Å². The van der Waals surface area contributed by atoms with E-state index in [2.05, 4.69) is 32.5 Å². The van der Waals surface area contributed by atoms with E-state index in [4.69, 9.17) is 18.6 Å². The lowest BCUT2D eigenvalue weighted by atomic mass is 10.0. The van der Waals surface area contributed by atoms with Crippen LogP contribution in [0.3, 0.4) is 0 Å². The zero-order valence-corrected chi connectivity index (χ0v) is 24.0. The fraction of sp³-hybridized carbons (Fsp3) is 0.276. The van der Waals surface area contributed by atoms with Crippen molar-refractivity contribution in [2.45, 2.75) is 10.9 Å². The summed E-state index contributed by atoms with van der Waals surface area (Å²) in [7, 11) is -0.993. The Kier molecular flexibility index (Phi) is 8.85. The molecular formula is C29H32N4O5S2. The summed E-state index contributed by atoms with van der Waals surface area (Å²) in [6, 6.07) is 22.0. The molecule has 0 amide bonds. The minimum absolute atomic E-state index is 0.00390. The molecular weight excluding hydrogens is 548 g/mol. The Morgan fingerprint density at radius 2 is 1.80 bits per heavy atom. The summed E-state index contributed by atoms with van der Waals surface area (Å²) in [5.41, 5.74) is 3.85. The molecule has 1 aliphatic heterocycles. The van der Waals surface area contributed by atoms with Crippen molar-refractivity contribution >= 4 is 27.2 Å². The predicted octanol–water partition coefficient (Wildman–Crippen LogP) is 4.65. The number of nitrogens with zero attached hydrogens (tertiary/aromatic N) is 2. The summed E-state index contributed by atoms with van der Waals surface area (Å²) in [5, 5.41) is 5.62. The first-order valence-electron chi connectivity index (χ1n) is 12.9. The van der Waals surface area contributed by atoms with Crippen LogP contribution in [-0.2, 0) is 10.0 Å². The lowest BCUT2D eigenvalue weighted by Gasteiger charge is -2.35. The van der Waals surface area contributed by atoms with Gasteiger partial charge in [0.25, 0.3) is 10.0 Å². The summed E-state index contributed by atoms with van der Waals surface area (Å²) >= 11 is 1.49. The fourth-order valence-corrected chi connectivity index (χ4v) is 6.70. The second-order valence-electron chi connectivity index (χ2n) is 9.23. The topological polar surface area (TPSA) is 102 Å². The monoisotopic (exact) mass is 580 g/mol. The van der Waals surface area contributed by atoms with E-state index in [1.165, 1.54) is 42.9 Å². The highest BCUT2D eigenvalue weighted by Crippen LogP contribution is 2.33. The van der Waals surface area contributed by atoms with Gasteiger partial charge in [-0.15, -0.1) is 0 Å². The van der Waals surface area contributed by atoms with Crippen LogP contribution in [-0.4, -0.2) is 64.7 Å². The zero-order chi connectivity index (χ0) is 28.0. The number of aromatic nitrogens is 1. The molecule has 5 rings (SSSR count). The second-order valence-corrected chi connectivity index (χ2v) is 11.5. The summed E-state index contributed by atoms with van der Waals surface area (Å²) in [6.07, 6.45) is 0. The number of hydrogen-bond acceptors (Lipinski definition) is 9. The smallest absolute Gasteiger partial charge is 0.265 e. The van der Waals surface area contributed by atoms with E-state index in [0.29, 0.717) is 23.8 Å². The third kappa shape index (κ3) is 6.39. The van der Waals surface area contributed by atoms with Crippen molar-refractivity contribution in [3.05, 3.63) is 83.9 Å². The van der Waals surface area contributed by atoms with Crippen molar-refractivity contribution in [3.63, 3.8) is 0 Å². The van der Waals surface area contributed by atoms with Crippen LogP contribution in [0, 0.1) is 0 Å². The minimum Gasteiger partial charge on any atom is -0.497 e. The quantitative estimate of drug-likeness (QED) is 0.264. The van der Waals surface area contributed by atoms with E-state index >= 15 is 0 Å². The molecule has 1 saturated heterocycles. The molecule has 0 saturated carbocycles. The average Bonchev–Trinajstić information content (AvgIpc) is 3.48. The Labute approximate surface area is 238 Å². The summed E-state index contributed by atoms with van der Waals surface area (Å²) in [4.78, 5) is 2.40. The first-order chi connectivity index (χ1) is 19.5. The van der Waals surface area contributed by atoms with E-state index < -0.39 is 10.0 Å². The van der Waals surface area contributed by atoms with Crippen LogP contribution in [0.25, 0.3) is 11.1 Å². The van der Waals surface area contributed by atoms with Crippen molar-refractivity contribution in [1.82, 2.24) is 14.6 Å². The maximum atomic E-state index is 13.0. The third-order valence-electron chi connectivity index (χ3n) is 6.77. The lowest BCUT2D eigenvalue weighted by molar-refractivity contribution is 0.132. The molecule has 40 heavy (non-hydrogen) atoms. The molecule has 4 aromatic rings. The maximum Gasteiger partial charge on any atom is 0.265 e. The number of hydrogen-bond donors (Lipinski definition) is 2. The number of sulfonamides is 1. The number of piperazine rings is 1. The summed E-state index contributed by atoms with van der Waals surface area (Å²) < 4.78 is 49.9. The van der Waals surface area contributed by atoms with Gasteiger partial charge in [0.2, 0.25) is 0 Å². The highest BCUT2D eigenvalue weighted by atomic mass is 32.2. The molecule has 0 spiro atoms. The van der Waals surface area contributed by atoms with E-state index in [1.807, 2.05) is 18.2 Å². The van der Waals surface area contributed by atoms with Gasteiger partial charge in [0.1, 0.15) is 28.8 Å². The van der Waals surface area contributed by atoms with Gasteiger partial charge >= 0.3 is 0 Å². The van der Waals surface area contributed by atoms with E-state index in [9.17, 15) is 8.42 Å². The SMILES string of the molecule is COc1ccc(OC)c(S(=O)(=O)Nc2ccc(OCCN3CCNCC3c3nscc3-c3ccccc3)cc2)c1. The van der Waals surface area contributed by atoms with Crippen LogP contribution in [0.5, 0.6) is 17.2 Å². The zero-order valence-electron chi connectivity index (χ0n) is 22.4. The minimum atomic E-state index is -3.90. The molecule has 1 fully saturated rings. The molecule has 1 atom stereocenters. The van der Waals surface area contributed by atoms with Gasteiger partial charge in [0.05, 0.1) is 26.0 Å². The van der Waals surface area contributed by atoms with Crippen LogP contribution >= 0.6 is 11.5 Å². The Morgan fingerprint density at radius 1 is 1.02 bits per heavy atom. The molecule has 0 aliphatic carbocycles. The van der Waals surface area contributed by atoms with E-state index in [1.54, 1.807) is 36.4 Å². The number of ether oxygens (including phenoxy) is 3. The van der Waals surface area contributed by atoms with E-state index in [-0.39, 0.29) is 16.7 Å². The molecule has 3 aromatic carbocycles. The number of rotatable bonds is 11. The van der Waals surface area contributed by atoms with Crippen molar-refractivity contribution in [3.8, 4) is 28.4 Å². The van der Waals surface area contributed by atoms with Gasteiger partial charge < -0.3 is 19.5 Å². The molecule has 2 heterocycles. The van der Waals surface area contributed by atoms with Gasteiger partial charge in [0.15, 0.2) is 0 Å². The number of nitrogens with one attached hydrogen (secondary N) is 2. The average molecular weight is 581 g/mol. The van der Waals surface area contributed by atoms with Crippen molar-refractivity contribution in [2.75, 3.05) is 51.7 Å². The standard InChI is InChI=1S/C29H32N4O5S2/c1-36-24-12-13-27(37-2)28(18-24)40(34,35)32-22-8-10-23(11-9-22)38-17-16-33-15-14-30-19-26(33)29-25(20-39-31-29)21-6-4-3-5-7-21/h3-13,18,20,26,30,32H,14-17,19H2,1-2H3. The molecule has 0 radical (unpaired) electrons. The fourth-order valence-electron chi connectivity index (χ4n) is 4.71. The largest absolute Gasteiger partial charge is 0.497 e. The summed E-state index contributed by atoms with van der Waals surface area (Å²) in [6.45, 7) is 3.87. The molecule has 1 aromatic heterocycles. The van der Waals surface area contributed by atoms with Gasteiger partial charge in [-0.1, -0.05) is 30.3 Å². The van der Waals surface area contributed by atoms with Gasteiger partial charge in [-0.2, -0.15) is 4.37 Å². The van der Waals surface area contributed by atoms with Crippen molar-refractivity contribution < 1.29 is 22.6 Å². The first kappa shape index (κ1) is 27.9. The summed E-state index contributed by atoms with van der Waals surface area (Å²) in [5.74, 6) is 1.31. The highest BCUT2D eigenvalue weighted by Gasteiger charge is 2.28. The molecule has 11 heteroatoms. The first-order valence-corrected chi connectivity index (χ1v) is 15.2. The molecule has 210 valence electrons. The molecule has 9 nitrogen and oxygen atoms in total. The van der Waals surface area contributed by atoms with Gasteiger partial charge in [-0.05, 0) is 53.5 Å². The normalized spacial score (nSPS) is 15.9. The predicted molar refractivity (Wildman–Crippen MR) is 157 cm³/mol. The van der Waals surface area contributed by atoms with Crippen LogP contribution in [0.4, 0.5) is 5.69 Å². The van der Waals surface area contributed by atoms with Crippen LogP contribution in [0.1, 0.15) is 11.7 Å². The molecule has 0 bridgehead atoms. The van der Waals surface area contributed by atoms with Crippen LogP contribution < -0.4 is 24.2 Å². The number of methoxy groups -OCH3 is 2. The molecule has 1 aliphatic rings.